The monoisotopic (exact) mass is 323 g/mol. The van der Waals surface area contributed by atoms with Crippen LogP contribution in [0.15, 0.2) is 65.2 Å². The Morgan fingerprint density at radius 2 is 1.88 bits per heavy atom. The number of carbonyl (C=O) groups excluding carboxylic acids is 1. The number of carbonyl (C=O) groups is 1. The van der Waals surface area contributed by atoms with Gasteiger partial charge in [-0.3, -0.25) is 10.2 Å². The van der Waals surface area contributed by atoms with Crippen LogP contribution in [-0.2, 0) is 6.42 Å². The summed E-state index contributed by atoms with van der Waals surface area (Å²) in [4.78, 5) is 11.4. The summed E-state index contributed by atoms with van der Waals surface area (Å²) in [6.45, 7) is 0.604. The van der Waals surface area contributed by atoms with Crippen molar-refractivity contribution < 1.29 is 14.1 Å². The van der Waals surface area contributed by atoms with Crippen molar-refractivity contribution in [2.45, 2.75) is 6.42 Å². The molecule has 0 bridgehead atoms. The van der Waals surface area contributed by atoms with Crippen molar-refractivity contribution in [1.82, 2.24) is 10.6 Å². The number of nitrogens with zero attached hydrogens (tertiary/aromatic N) is 1. The Kier molecular flexibility index (Phi) is 4.88. The minimum Gasteiger partial charge on any atom is -0.493 e. The van der Waals surface area contributed by atoms with E-state index in [-0.39, 0.29) is 5.69 Å². The molecule has 6 heteroatoms. The number of hydrazine groups is 1. The first-order valence-electron chi connectivity index (χ1n) is 7.51. The number of hydrogen-bond acceptors (Lipinski definition) is 5. The van der Waals surface area contributed by atoms with Gasteiger partial charge in [0.25, 0.3) is 5.91 Å². The molecule has 0 saturated heterocycles. The third kappa shape index (κ3) is 3.80. The van der Waals surface area contributed by atoms with Crippen molar-refractivity contribution in [2.75, 3.05) is 6.61 Å². The number of aromatic nitrogens is 1. The van der Waals surface area contributed by atoms with Crippen LogP contribution in [-0.4, -0.2) is 17.7 Å². The van der Waals surface area contributed by atoms with Crippen LogP contribution in [0, 0.1) is 0 Å². The number of benzene rings is 2. The number of nitrogens with one attached hydrogen (secondary N) is 1. The van der Waals surface area contributed by atoms with Crippen molar-refractivity contribution in [3.63, 3.8) is 0 Å². The van der Waals surface area contributed by atoms with E-state index in [2.05, 4.69) is 17.3 Å². The molecule has 0 atom stereocenters. The number of hydrogen-bond donors (Lipinski definition) is 2. The second kappa shape index (κ2) is 7.43. The predicted octanol–water partition coefficient (Wildman–Crippen LogP) is 2.57. The lowest BCUT2D eigenvalue weighted by Crippen LogP contribution is -2.30. The molecule has 6 nitrogen and oxygen atoms in total. The average molecular weight is 323 g/mol. The van der Waals surface area contributed by atoms with E-state index in [4.69, 9.17) is 15.1 Å². The summed E-state index contributed by atoms with van der Waals surface area (Å²) in [5.74, 6) is 5.83. The van der Waals surface area contributed by atoms with Gasteiger partial charge in [0, 0.05) is 18.1 Å². The van der Waals surface area contributed by atoms with E-state index >= 15 is 0 Å². The fourth-order valence-corrected chi connectivity index (χ4v) is 2.24. The van der Waals surface area contributed by atoms with Gasteiger partial charge in [0.05, 0.1) is 6.61 Å². The summed E-state index contributed by atoms with van der Waals surface area (Å²) in [5, 5.41) is 3.67. The highest BCUT2D eigenvalue weighted by Crippen LogP contribution is 2.23. The zero-order valence-corrected chi connectivity index (χ0v) is 12.9. The van der Waals surface area contributed by atoms with E-state index in [9.17, 15) is 4.79 Å². The van der Waals surface area contributed by atoms with Crippen LogP contribution in [0.25, 0.3) is 11.3 Å². The number of amides is 1. The summed E-state index contributed by atoms with van der Waals surface area (Å²) < 4.78 is 10.9. The second-order valence-corrected chi connectivity index (χ2v) is 5.16. The molecule has 1 heterocycles. The Bertz CT molecular complexity index is 798. The SMILES string of the molecule is NNC(=O)c1cc(-c2ccc(OCCc3ccccc3)cc2)on1. The second-order valence-electron chi connectivity index (χ2n) is 5.16. The molecule has 1 aromatic heterocycles. The van der Waals surface area contributed by atoms with Crippen LogP contribution in [0.3, 0.4) is 0 Å². The van der Waals surface area contributed by atoms with E-state index < -0.39 is 5.91 Å². The number of nitrogen functional groups attached to an aromatic ring is 1. The number of nitrogens with two attached hydrogens (primary N) is 1. The number of ether oxygens (including phenoxy) is 1. The van der Waals surface area contributed by atoms with Crippen LogP contribution in [0.5, 0.6) is 5.75 Å². The topological polar surface area (TPSA) is 90.4 Å². The van der Waals surface area contributed by atoms with E-state index in [0.29, 0.717) is 12.4 Å². The Hall–Kier alpha value is -3.12. The van der Waals surface area contributed by atoms with Crippen molar-refractivity contribution in [2.24, 2.45) is 5.84 Å². The molecule has 0 aliphatic carbocycles. The van der Waals surface area contributed by atoms with Gasteiger partial charge >= 0.3 is 0 Å². The van der Waals surface area contributed by atoms with Crippen molar-refractivity contribution in [1.29, 1.82) is 0 Å². The lowest BCUT2D eigenvalue weighted by molar-refractivity contribution is 0.0944. The summed E-state index contributed by atoms with van der Waals surface area (Å²) in [6.07, 6.45) is 0.849. The largest absolute Gasteiger partial charge is 0.493 e. The summed E-state index contributed by atoms with van der Waals surface area (Å²) >= 11 is 0. The van der Waals surface area contributed by atoms with Gasteiger partial charge in [-0.1, -0.05) is 35.5 Å². The molecular weight excluding hydrogens is 306 g/mol. The molecule has 2 aromatic carbocycles. The highest BCUT2D eigenvalue weighted by molar-refractivity contribution is 5.92. The van der Waals surface area contributed by atoms with Gasteiger partial charge in [-0.25, -0.2) is 5.84 Å². The first-order valence-corrected chi connectivity index (χ1v) is 7.51. The lowest BCUT2D eigenvalue weighted by atomic mass is 10.1. The molecule has 0 aliphatic heterocycles. The first kappa shape index (κ1) is 15.8. The van der Waals surface area contributed by atoms with Gasteiger partial charge in [-0.05, 0) is 29.8 Å². The minimum absolute atomic E-state index is 0.135. The molecule has 0 saturated carbocycles. The van der Waals surface area contributed by atoms with E-state index in [1.54, 1.807) is 0 Å². The van der Waals surface area contributed by atoms with Crippen LogP contribution in [0.2, 0.25) is 0 Å². The Morgan fingerprint density at radius 1 is 1.12 bits per heavy atom. The quantitative estimate of drug-likeness (QED) is 0.413. The zero-order valence-electron chi connectivity index (χ0n) is 12.9. The molecule has 0 spiro atoms. The van der Waals surface area contributed by atoms with Crippen molar-refractivity contribution in [3.05, 3.63) is 71.9 Å². The molecule has 3 N–H and O–H groups in total. The fraction of sp³-hybridized carbons (Fsp3) is 0.111. The van der Waals surface area contributed by atoms with Crippen LogP contribution in [0.4, 0.5) is 0 Å². The first-order chi connectivity index (χ1) is 11.8. The van der Waals surface area contributed by atoms with Crippen LogP contribution in [0.1, 0.15) is 16.1 Å². The molecule has 0 aliphatic rings. The van der Waals surface area contributed by atoms with Crippen molar-refractivity contribution in [3.8, 4) is 17.1 Å². The van der Waals surface area contributed by atoms with Gasteiger partial charge in [-0.2, -0.15) is 0 Å². The molecule has 1 amide bonds. The van der Waals surface area contributed by atoms with Gasteiger partial charge < -0.3 is 9.26 Å². The molecule has 0 radical (unpaired) electrons. The van der Waals surface area contributed by atoms with Gasteiger partial charge in [0.2, 0.25) is 0 Å². The van der Waals surface area contributed by atoms with E-state index in [1.807, 2.05) is 47.9 Å². The Labute approximate surface area is 139 Å². The average Bonchev–Trinajstić information content (AvgIpc) is 3.13. The summed E-state index contributed by atoms with van der Waals surface area (Å²) in [7, 11) is 0. The molecule has 122 valence electrons. The van der Waals surface area contributed by atoms with E-state index in [1.165, 1.54) is 11.6 Å². The standard InChI is InChI=1S/C18H17N3O3/c19-20-18(22)16-12-17(24-21-16)14-6-8-15(9-7-14)23-11-10-13-4-2-1-3-5-13/h1-9,12H,10-11,19H2,(H,20,22). The maximum Gasteiger partial charge on any atom is 0.287 e. The smallest absolute Gasteiger partial charge is 0.287 e. The Morgan fingerprint density at radius 3 is 2.58 bits per heavy atom. The summed E-state index contributed by atoms with van der Waals surface area (Å²) in [5.41, 5.74) is 4.18. The van der Waals surface area contributed by atoms with Crippen molar-refractivity contribution >= 4 is 5.91 Å². The minimum atomic E-state index is -0.495. The molecule has 3 rings (SSSR count). The van der Waals surface area contributed by atoms with Gasteiger partial charge in [0.15, 0.2) is 11.5 Å². The van der Waals surface area contributed by atoms with Crippen LogP contribution >= 0.6 is 0 Å². The zero-order chi connectivity index (χ0) is 16.8. The van der Waals surface area contributed by atoms with Gasteiger partial charge in [0.1, 0.15) is 5.75 Å². The highest BCUT2D eigenvalue weighted by Gasteiger charge is 2.12. The molecule has 3 aromatic rings. The van der Waals surface area contributed by atoms with Gasteiger partial charge in [-0.15, -0.1) is 0 Å². The maximum absolute atomic E-state index is 11.4. The van der Waals surface area contributed by atoms with E-state index in [0.717, 1.165) is 17.7 Å². The van der Waals surface area contributed by atoms with Crippen LogP contribution < -0.4 is 16.0 Å². The third-order valence-corrected chi connectivity index (χ3v) is 3.52. The fourth-order valence-electron chi connectivity index (χ4n) is 2.24. The number of rotatable bonds is 6. The summed E-state index contributed by atoms with van der Waals surface area (Å²) in [6, 6.07) is 19.1. The lowest BCUT2D eigenvalue weighted by Gasteiger charge is -2.06. The predicted molar refractivity (Wildman–Crippen MR) is 89.2 cm³/mol. The Balaban J connectivity index is 1.59. The molecular formula is C18H17N3O3. The normalized spacial score (nSPS) is 10.4. The molecule has 0 fully saturated rings. The maximum atomic E-state index is 11.4. The third-order valence-electron chi connectivity index (χ3n) is 3.52. The highest BCUT2D eigenvalue weighted by atomic mass is 16.5. The molecule has 24 heavy (non-hydrogen) atoms. The molecule has 0 unspecified atom stereocenters.